The zero-order valence-electron chi connectivity index (χ0n) is 13.2. The molecule has 1 atom stereocenters. The molecule has 1 aliphatic heterocycles. The Labute approximate surface area is 139 Å². The number of benzene rings is 1. The molecule has 3 rings (SSSR count). The molecule has 1 aliphatic rings. The third-order valence-corrected chi connectivity index (χ3v) is 3.80. The Morgan fingerprint density at radius 2 is 2.21 bits per heavy atom. The van der Waals surface area contributed by atoms with E-state index in [1.54, 1.807) is 18.2 Å². The largest absolute Gasteiger partial charge is 0.376 e. The summed E-state index contributed by atoms with van der Waals surface area (Å²) in [5, 5.41) is 5.74. The van der Waals surface area contributed by atoms with Gasteiger partial charge in [0.15, 0.2) is 0 Å². The first-order chi connectivity index (χ1) is 11.7. The number of aromatic nitrogens is 2. The standard InChI is InChI=1S/C17H19FN4O2/c18-14-6-2-1-4-12(14)10-20-16(23)15-7-8-19-17(22-15)21-11-13-5-3-9-24-13/h1-2,4,6-8,13H,3,5,9-11H2,(H,20,23)(H,19,21,22). The highest BCUT2D eigenvalue weighted by Gasteiger charge is 2.16. The van der Waals surface area contributed by atoms with Gasteiger partial charge in [0, 0.05) is 31.5 Å². The molecule has 0 saturated carbocycles. The molecule has 1 aromatic carbocycles. The number of amides is 1. The predicted octanol–water partition coefficient (Wildman–Crippen LogP) is 2.14. The van der Waals surface area contributed by atoms with E-state index < -0.39 is 0 Å². The van der Waals surface area contributed by atoms with Crippen molar-refractivity contribution in [3.05, 3.63) is 53.6 Å². The van der Waals surface area contributed by atoms with Crippen LogP contribution < -0.4 is 10.6 Å². The van der Waals surface area contributed by atoms with E-state index in [9.17, 15) is 9.18 Å². The van der Waals surface area contributed by atoms with Crippen LogP contribution in [0.1, 0.15) is 28.9 Å². The molecule has 2 aromatic rings. The first-order valence-electron chi connectivity index (χ1n) is 7.92. The highest BCUT2D eigenvalue weighted by atomic mass is 19.1. The Morgan fingerprint density at radius 1 is 1.33 bits per heavy atom. The monoisotopic (exact) mass is 330 g/mol. The number of anilines is 1. The van der Waals surface area contributed by atoms with Crippen molar-refractivity contribution in [2.75, 3.05) is 18.5 Å². The maximum Gasteiger partial charge on any atom is 0.270 e. The molecule has 2 N–H and O–H groups in total. The lowest BCUT2D eigenvalue weighted by atomic mass is 10.2. The van der Waals surface area contributed by atoms with Crippen LogP contribution in [0.4, 0.5) is 10.3 Å². The first kappa shape index (κ1) is 16.3. The van der Waals surface area contributed by atoms with Crippen LogP contribution in [0.15, 0.2) is 36.5 Å². The van der Waals surface area contributed by atoms with E-state index in [4.69, 9.17) is 4.74 Å². The summed E-state index contributed by atoms with van der Waals surface area (Å²) in [4.78, 5) is 20.4. The number of rotatable bonds is 6. The third kappa shape index (κ3) is 4.26. The Kier molecular flexibility index (Phi) is 5.32. The van der Waals surface area contributed by atoms with E-state index in [2.05, 4.69) is 20.6 Å². The molecule has 24 heavy (non-hydrogen) atoms. The van der Waals surface area contributed by atoms with Crippen molar-refractivity contribution in [2.24, 2.45) is 0 Å². The Morgan fingerprint density at radius 3 is 3.00 bits per heavy atom. The van der Waals surface area contributed by atoms with Crippen molar-refractivity contribution in [2.45, 2.75) is 25.5 Å². The molecule has 6 nitrogen and oxygen atoms in total. The number of hydrogen-bond donors (Lipinski definition) is 2. The van der Waals surface area contributed by atoms with Crippen LogP contribution in [0.3, 0.4) is 0 Å². The molecule has 1 fully saturated rings. The van der Waals surface area contributed by atoms with Crippen LogP contribution >= 0.6 is 0 Å². The van der Waals surface area contributed by atoms with Crippen LogP contribution in [0.5, 0.6) is 0 Å². The van der Waals surface area contributed by atoms with E-state index >= 15 is 0 Å². The van der Waals surface area contributed by atoms with Crippen LogP contribution in [0, 0.1) is 5.82 Å². The molecule has 1 unspecified atom stereocenters. The number of nitrogens with one attached hydrogen (secondary N) is 2. The van der Waals surface area contributed by atoms with Gasteiger partial charge in [-0.3, -0.25) is 4.79 Å². The fraction of sp³-hybridized carbons (Fsp3) is 0.353. The van der Waals surface area contributed by atoms with Crippen molar-refractivity contribution in [1.29, 1.82) is 0 Å². The van der Waals surface area contributed by atoms with Gasteiger partial charge in [-0.2, -0.15) is 0 Å². The zero-order valence-corrected chi connectivity index (χ0v) is 13.2. The first-order valence-corrected chi connectivity index (χ1v) is 7.92. The maximum absolute atomic E-state index is 13.6. The SMILES string of the molecule is O=C(NCc1ccccc1F)c1ccnc(NCC2CCCO2)n1. The molecule has 1 amide bonds. The van der Waals surface area contributed by atoms with Gasteiger partial charge in [0.1, 0.15) is 11.5 Å². The number of carbonyl (C=O) groups is 1. The molecule has 0 spiro atoms. The second-order valence-corrected chi connectivity index (χ2v) is 5.56. The van der Waals surface area contributed by atoms with E-state index in [1.807, 2.05) is 0 Å². The second-order valence-electron chi connectivity index (χ2n) is 5.56. The van der Waals surface area contributed by atoms with Crippen molar-refractivity contribution < 1.29 is 13.9 Å². The van der Waals surface area contributed by atoms with Gasteiger partial charge in [0.05, 0.1) is 6.10 Å². The normalized spacial score (nSPS) is 16.8. The minimum Gasteiger partial charge on any atom is -0.376 e. The van der Waals surface area contributed by atoms with E-state index in [-0.39, 0.29) is 30.1 Å². The minimum absolute atomic E-state index is 0.105. The van der Waals surface area contributed by atoms with Crippen molar-refractivity contribution in [3.8, 4) is 0 Å². The molecule has 7 heteroatoms. The van der Waals surface area contributed by atoms with E-state index in [1.165, 1.54) is 18.3 Å². The van der Waals surface area contributed by atoms with Gasteiger partial charge in [0.2, 0.25) is 5.95 Å². The Bertz CT molecular complexity index is 704. The molecule has 2 heterocycles. The van der Waals surface area contributed by atoms with Crippen LogP contribution in [0.25, 0.3) is 0 Å². The highest BCUT2D eigenvalue weighted by molar-refractivity contribution is 5.92. The number of ether oxygens (including phenoxy) is 1. The topological polar surface area (TPSA) is 76.1 Å². The van der Waals surface area contributed by atoms with Crippen LogP contribution in [0.2, 0.25) is 0 Å². The van der Waals surface area contributed by atoms with Gasteiger partial charge in [-0.05, 0) is 25.0 Å². The molecule has 1 aromatic heterocycles. The second kappa shape index (κ2) is 7.83. The summed E-state index contributed by atoms with van der Waals surface area (Å²) in [7, 11) is 0. The summed E-state index contributed by atoms with van der Waals surface area (Å²) < 4.78 is 19.1. The minimum atomic E-state index is -0.374. The molecular weight excluding hydrogens is 311 g/mol. The van der Waals surface area contributed by atoms with Gasteiger partial charge in [-0.15, -0.1) is 0 Å². The Balaban J connectivity index is 1.56. The summed E-state index contributed by atoms with van der Waals surface area (Å²) >= 11 is 0. The smallest absolute Gasteiger partial charge is 0.270 e. The summed E-state index contributed by atoms with van der Waals surface area (Å²) in [5.41, 5.74) is 0.660. The highest BCUT2D eigenvalue weighted by Crippen LogP contribution is 2.12. The summed E-state index contributed by atoms with van der Waals surface area (Å²) in [6, 6.07) is 7.84. The third-order valence-electron chi connectivity index (χ3n) is 3.80. The van der Waals surface area contributed by atoms with Gasteiger partial charge < -0.3 is 15.4 Å². The number of hydrogen-bond acceptors (Lipinski definition) is 5. The molecule has 0 radical (unpaired) electrons. The molecule has 1 saturated heterocycles. The number of halogens is 1. The van der Waals surface area contributed by atoms with E-state index in [0.29, 0.717) is 18.1 Å². The van der Waals surface area contributed by atoms with Crippen LogP contribution in [-0.4, -0.2) is 35.1 Å². The zero-order chi connectivity index (χ0) is 16.8. The van der Waals surface area contributed by atoms with Gasteiger partial charge >= 0.3 is 0 Å². The Hall–Kier alpha value is -2.54. The van der Waals surface area contributed by atoms with Crippen molar-refractivity contribution in [1.82, 2.24) is 15.3 Å². The van der Waals surface area contributed by atoms with Gasteiger partial charge in [0.25, 0.3) is 5.91 Å². The van der Waals surface area contributed by atoms with Crippen molar-refractivity contribution >= 4 is 11.9 Å². The quantitative estimate of drug-likeness (QED) is 0.849. The predicted molar refractivity (Wildman–Crippen MR) is 87.1 cm³/mol. The lowest BCUT2D eigenvalue weighted by Gasteiger charge is -2.11. The lowest BCUT2D eigenvalue weighted by molar-refractivity contribution is 0.0945. The molecular formula is C17H19FN4O2. The van der Waals surface area contributed by atoms with Crippen LogP contribution in [-0.2, 0) is 11.3 Å². The fourth-order valence-corrected chi connectivity index (χ4v) is 2.49. The molecule has 0 bridgehead atoms. The lowest BCUT2D eigenvalue weighted by Crippen LogP contribution is -2.25. The van der Waals surface area contributed by atoms with Gasteiger partial charge in [-0.1, -0.05) is 18.2 Å². The average molecular weight is 330 g/mol. The summed E-state index contributed by atoms with van der Waals surface area (Å²) in [6.07, 6.45) is 3.75. The number of carbonyl (C=O) groups excluding carboxylic acids is 1. The molecule has 0 aliphatic carbocycles. The molecule has 126 valence electrons. The number of nitrogens with zero attached hydrogens (tertiary/aromatic N) is 2. The maximum atomic E-state index is 13.6. The fourth-order valence-electron chi connectivity index (χ4n) is 2.49. The summed E-state index contributed by atoms with van der Waals surface area (Å²) in [5.74, 6) is -0.343. The summed E-state index contributed by atoms with van der Waals surface area (Å²) in [6.45, 7) is 1.50. The van der Waals surface area contributed by atoms with Gasteiger partial charge in [-0.25, -0.2) is 14.4 Å². The van der Waals surface area contributed by atoms with E-state index in [0.717, 1.165) is 19.4 Å². The average Bonchev–Trinajstić information content (AvgIpc) is 3.13. The van der Waals surface area contributed by atoms with Crippen molar-refractivity contribution in [3.63, 3.8) is 0 Å².